The van der Waals surface area contributed by atoms with Crippen LogP contribution in [0.25, 0.3) is 0 Å². The molecular formula is C21H20F2N2O2. The summed E-state index contributed by atoms with van der Waals surface area (Å²) >= 11 is 0. The van der Waals surface area contributed by atoms with Crippen molar-refractivity contribution in [3.8, 4) is 0 Å². The molecular weight excluding hydrogens is 350 g/mol. The first-order valence-electron chi connectivity index (χ1n) is 8.60. The summed E-state index contributed by atoms with van der Waals surface area (Å²) in [5.74, 6) is -0.959. The summed E-state index contributed by atoms with van der Waals surface area (Å²) in [7, 11) is 0. The van der Waals surface area contributed by atoms with Gasteiger partial charge < -0.3 is 9.73 Å². The monoisotopic (exact) mass is 370 g/mol. The zero-order valence-corrected chi connectivity index (χ0v) is 14.8. The lowest BCUT2D eigenvalue weighted by Gasteiger charge is -2.19. The first kappa shape index (κ1) is 18.8. The minimum absolute atomic E-state index is 0.00736. The number of hydrogen-bond donors (Lipinski definition) is 2. The topological polar surface area (TPSA) is 54.3 Å². The highest BCUT2D eigenvalue weighted by atomic mass is 19.1. The Morgan fingerprint density at radius 2 is 1.85 bits per heavy atom. The molecule has 4 nitrogen and oxygen atoms in total. The number of rotatable bonds is 7. The van der Waals surface area contributed by atoms with E-state index >= 15 is 0 Å². The predicted molar refractivity (Wildman–Crippen MR) is 97.9 cm³/mol. The molecule has 1 heterocycles. The Balaban J connectivity index is 1.64. The molecule has 1 amide bonds. The highest BCUT2D eigenvalue weighted by Gasteiger charge is 2.19. The van der Waals surface area contributed by atoms with Crippen LogP contribution < -0.4 is 10.6 Å². The highest BCUT2D eigenvalue weighted by Crippen LogP contribution is 2.22. The Hall–Kier alpha value is -2.99. The molecule has 0 saturated heterocycles. The summed E-state index contributed by atoms with van der Waals surface area (Å²) in [6, 6.07) is 15.7. The van der Waals surface area contributed by atoms with E-state index in [-0.39, 0.29) is 24.1 Å². The van der Waals surface area contributed by atoms with Gasteiger partial charge in [-0.25, -0.2) is 8.78 Å². The van der Waals surface area contributed by atoms with Crippen LogP contribution in [0.5, 0.6) is 0 Å². The zero-order chi connectivity index (χ0) is 19.2. The minimum Gasteiger partial charge on any atom is -0.467 e. The molecule has 0 spiro atoms. The van der Waals surface area contributed by atoms with Gasteiger partial charge >= 0.3 is 0 Å². The van der Waals surface area contributed by atoms with Gasteiger partial charge in [0.2, 0.25) is 5.91 Å². The molecule has 0 aliphatic heterocycles. The van der Waals surface area contributed by atoms with E-state index in [4.69, 9.17) is 4.42 Å². The van der Waals surface area contributed by atoms with Crippen LogP contribution >= 0.6 is 0 Å². The van der Waals surface area contributed by atoms with Crippen molar-refractivity contribution >= 4 is 5.91 Å². The summed E-state index contributed by atoms with van der Waals surface area (Å²) in [4.78, 5) is 12.3. The van der Waals surface area contributed by atoms with E-state index in [1.165, 1.54) is 12.1 Å². The molecule has 6 heteroatoms. The molecule has 0 radical (unpaired) electrons. The fourth-order valence-corrected chi connectivity index (χ4v) is 2.90. The van der Waals surface area contributed by atoms with Gasteiger partial charge in [0.25, 0.3) is 0 Å². The maximum atomic E-state index is 13.9. The maximum absolute atomic E-state index is 13.9. The van der Waals surface area contributed by atoms with Gasteiger partial charge in [-0.15, -0.1) is 0 Å². The number of hydrogen-bond acceptors (Lipinski definition) is 3. The largest absolute Gasteiger partial charge is 0.467 e. The number of benzene rings is 2. The lowest BCUT2D eigenvalue weighted by Crippen LogP contribution is -2.37. The maximum Gasteiger partial charge on any atom is 0.234 e. The third-order valence-corrected chi connectivity index (χ3v) is 4.23. The molecule has 2 N–H and O–H groups in total. The van der Waals surface area contributed by atoms with Crippen LogP contribution in [0.15, 0.2) is 71.3 Å². The predicted octanol–water partition coefficient (Wildman–Crippen LogP) is 4.11. The lowest BCUT2D eigenvalue weighted by molar-refractivity contribution is -0.121. The van der Waals surface area contributed by atoms with Crippen molar-refractivity contribution in [2.45, 2.75) is 19.0 Å². The normalized spacial score (nSPS) is 13.1. The van der Waals surface area contributed by atoms with Crippen LogP contribution in [0, 0.1) is 11.6 Å². The standard InChI is InChI=1S/C21H20F2N2O2/c1-14(17-10-9-16(22)12-18(17)23)25-20(26)13-24-21(19-8-5-11-27-19)15-6-3-2-4-7-15/h2-12,14,21,24H,13H2,1H3,(H,25,26)/t14-,21+/m0/s1. The van der Waals surface area contributed by atoms with Crippen LogP contribution in [0.1, 0.15) is 35.9 Å². The van der Waals surface area contributed by atoms with Gasteiger partial charge in [-0.05, 0) is 30.7 Å². The zero-order valence-electron chi connectivity index (χ0n) is 14.8. The third-order valence-electron chi connectivity index (χ3n) is 4.23. The van der Waals surface area contributed by atoms with E-state index in [0.717, 1.165) is 11.6 Å². The second kappa shape index (κ2) is 8.60. The Labute approximate surface area is 156 Å². The van der Waals surface area contributed by atoms with Gasteiger partial charge in [-0.1, -0.05) is 36.4 Å². The van der Waals surface area contributed by atoms with E-state index in [9.17, 15) is 13.6 Å². The van der Waals surface area contributed by atoms with Crippen molar-refractivity contribution in [2.24, 2.45) is 0 Å². The molecule has 2 atom stereocenters. The molecule has 2 aromatic carbocycles. The third kappa shape index (κ3) is 4.80. The summed E-state index contributed by atoms with van der Waals surface area (Å²) in [5, 5.41) is 5.87. The molecule has 27 heavy (non-hydrogen) atoms. The van der Waals surface area contributed by atoms with E-state index < -0.39 is 17.7 Å². The molecule has 0 aliphatic rings. The summed E-state index contributed by atoms with van der Waals surface area (Å²) in [6.45, 7) is 1.66. The van der Waals surface area contributed by atoms with E-state index in [1.807, 2.05) is 36.4 Å². The van der Waals surface area contributed by atoms with E-state index in [1.54, 1.807) is 19.3 Å². The Bertz CT molecular complexity index is 882. The smallest absolute Gasteiger partial charge is 0.234 e. The molecule has 0 aliphatic carbocycles. The molecule has 3 aromatic rings. The number of amides is 1. The second-order valence-electron chi connectivity index (χ2n) is 6.20. The minimum atomic E-state index is -0.687. The summed E-state index contributed by atoms with van der Waals surface area (Å²) in [5.41, 5.74) is 1.19. The average Bonchev–Trinajstić information content (AvgIpc) is 3.17. The quantitative estimate of drug-likeness (QED) is 0.658. The van der Waals surface area contributed by atoms with E-state index in [0.29, 0.717) is 5.76 Å². The van der Waals surface area contributed by atoms with Gasteiger partial charge in [0.15, 0.2) is 0 Å². The van der Waals surface area contributed by atoms with Gasteiger partial charge in [0.1, 0.15) is 17.4 Å². The molecule has 3 rings (SSSR count). The molecule has 1 aromatic heterocycles. The fourth-order valence-electron chi connectivity index (χ4n) is 2.90. The Morgan fingerprint density at radius 3 is 2.52 bits per heavy atom. The van der Waals surface area contributed by atoms with Crippen LogP contribution in [0.4, 0.5) is 8.78 Å². The number of carbonyl (C=O) groups is 1. The van der Waals surface area contributed by atoms with Crippen LogP contribution in [0.2, 0.25) is 0 Å². The SMILES string of the molecule is C[C@H](NC(=O)CN[C@H](c1ccccc1)c1ccco1)c1ccc(F)cc1F. The van der Waals surface area contributed by atoms with Gasteiger partial charge in [-0.3, -0.25) is 10.1 Å². The van der Waals surface area contributed by atoms with Crippen molar-refractivity contribution in [1.29, 1.82) is 0 Å². The molecule has 0 fully saturated rings. The Kier molecular flexibility index (Phi) is 5.98. The van der Waals surface area contributed by atoms with E-state index in [2.05, 4.69) is 10.6 Å². The van der Waals surface area contributed by atoms with Crippen molar-refractivity contribution in [3.05, 3.63) is 95.4 Å². The number of halogens is 2. The lowest BCUT2D eigenvalue weighted by atomic mass is 10.0. The van der Waals surface area contributed by atoms with Crippen LogP contribution in [-0.4, -0.2) is 12.5 Å². The average molecular weight is 370 g/mol. The molecule has 0 saturated carbocycles. The van der Waals surface area contributed by atoms with Gasteiger partial charge in [-0.2, -0.15) is 0 Å². The number of carbonyl (C=O) groups excluding carboxylic acids is 1. The number of nitrogens with one attached hydrogen (secondary N) is 2. The highest BCUT2D eigenvalue weighted by molar-refractivity contribution is 5.78. The number of furan rings is 1. The summed E-state index contributed by atoms with van der Waals surface area (Å²) < 4.78 is 32.4. The fraction of sp³-hybridized carbons (Fsp3) is 0.190. The van der Waals surface area contributed by atoms with Crippen LogP contribution in [0.3, 0.4) is 0 Å². The molecule has 0 unspecified atom stereocenters. The Morgan fingerprint density at radius 1 is 1.07 bits per heavy atom. The van der Waals surface area contributed by atoms with Gasteiger partial charge in [0.05, 0.1) is 24.9 Å². The first-order chi connectivity index (χ1) is 13.0. The van der Waals surface area contributed by atoms with Gasteiger partial charge in [0, 0.05) is 11.6 Å². The second-order valence-corrected chi connectivity index (χ2v) is 6.20. The summed E-state index contributed by atoms with van der Waals surface area (Å²) in [6.07, 6.45) is 1.58. The van der Waals surface area contributed by atoms with Crippen molar-refractivity contribution in [1.82, 2.24) is 10.6 Å². The molecule has 0 bridgehead atoms. The van der Waals surface area contributed by atoms with Crippen molar-refractivity contribution < 1.29 is 18.0 Å². The molecule has 140 valence electrons. The van der Waals surface area contributed by atoms with Crippen LogP contribution in [-0.2, 0) is 4.79 Å². The first-order valence-corrected chi connectivity index (χ1v) is 8.60. The van der Waals surface area contributed by atoms with Crippen molar-refractivity contribution in [3.63, 3.8) is 0 Å². The van der Waals surface area contributed by atoms with Crippen molar-refractivity contribution in [2.75, 3.05) is 6.54 Å².